The number of aryl methyl sites for hydroxylation is 2. The number of hydrogen-bond acceptors (Lipinski definition) is 1. The Labute approximate surface area is 171 Å². The number of furan rings is 1. The van der Waals surface area contributed by atoms with Gasteiger partial charge in [-0.2, -0.15) is 0 Å². The smallest absolute Gasteiger partial charge is 0.216 e. The molecule has 2 aromatic heterocycles. The minimum absolute atomic E-state index is 0.630. The summed E-state index contributed by atoms with van der Waals surface area (Å²) >= 11 is 0. The van der Waals surface area contributed by atoms with Crippen molar-refractivity contribution in [2.75, 3.05) is 0 Å². The topological polar surface area (TPSA) is 17.0 Å². The lowest BCUT2D eigenvalue weighted by Gasteiger charge is -2.09. The third-order valence-corrected chi connectivity index (χ3v) is 5.85. The molecule has 0 spiro atoms. The van der Waals surface area contributed by atoms with E-state index in [0.29, 0.717) is 5.92 Å². The fourth-order valence-corrected chi connectivity index (χ4v) is 4.49. The molecule has 2 nitrogen and oxygen atoms in total. The van der Waals surface area contributed by atoms with Gasteiger partial charge in [0, 0.05) is 22.9 Å². The second kappa shape index (κ2) is 6.73. The molecule has 2 heteroatoms. The first-order valence-corrected chi connectivity index (χ1v) is 10.4. The van der Waals surface area contributed by atoms with Gasteiger partial charge in [0.05, 0.1) is 5.56 Å². The number of aromatic nitrogens is 1. The zero-order valence-electron chi connectivity index (χ0n) is 17.5. The van der Waals surface area contributed by atoms with Gasteiger partial charge in [0.2, 0.25) is 5.69 Å². The van der Waals surface area contributed by atoms with Gasteiger partial charge >= 0.3 is 0 Å². The van der Waals surface area contributed by atoms with Crippen LogP contribution in [0.15, 0.2) is 71.3 Å². The van der Waals surface area contributed by atoms with Crippen LogP contribution < -0.4 is 4.57 Å². The molecule has 0 atom stereocenters. The number of hydrogen-bond donors (Lipinski definition) is 0. The van der Waals surface area contributed by atoms with Gasteiger partial charge in [0.1, 0.15) is 18.2 Å². The summed E-state index contributed by atoms with van der Waals surface area (Å²) < 4.78 is 8.69. The molecule has 0 N–H and O–H groups in total. The quantitative estimate of drug-likeness (QED) is 0.317. The van der Waals surface area contributed by atoms with Gasteiger partial charge in [-0.3, -0.25) is 0 Å². The highest BCUT2D eigenvalue weighted by Crippen LogP contribution is 2.40. The first-order chi connectivity index (χ1) is 14.0. The van der Waals surface area contributed by atoms with Gasteiger partial charge in [0.25, 0.3) is 0 Å². The molecule has 2 heterocycles. The molecule has 3 aromatic carbocycles. The van der Waals surface area contributed by atoms with Crippen LogP contribution in [0.3, 0.4) is 0 Å². The third-order valence-electron chi connectivity index (χ3n) is 5.85. The average molecular weight is 381 g/mol. The van der Waals surface area contributed by atoms with E-state index in [1.54, 1.807) is 0 Å². The second-order valence-electron chi connectivity index (χ2n) is 8.53. The fraction of sp³-hybridized carbons (Fsp3) is 0.222. The molecular formula is C27H26NO+. The Morgan fingerprint density at radius 3 is 2.59 bits per heavy atom. The normalized spacial score (nSPS) is 11.9. The maximum atomic E-state index is 6.49. The third kappa shape index (κ3) is 2.91. The SMILES string of the molecule is Cc1ccc2c(oc3ccc4ccccc4c32)c1-c1cc(CC(C)C)cc[n+]1C. The molecule has 0 bridgehead atoms. The average Bonchev–Trinajstić information content (AvgIpc) is 3.08. The molecule has 0 amide bonds. The maximum Gasteiger partial charge on any atom is 0.216 e. The molecule has 0 saturated heterocycles. The summed E-state index contributed by atoms with van der Waals surface area (Å²) in [5, 5.41) is 4.89. The van der Waals surface area contributed by atoms with E-state index in [9.17, 15) is 0 Å². The molecule has 0 aliphatic carbocycles. The fourth-order valence-electron chi connectivity index (χ4n) is 4.49. The van der Waals surface area contributed by atoms with Crippen LogP contribution in [0.25, 0.3) is 44.0 Å². The van der Waals surface area contributed by atoms with E-state index in [-0.39, 0.29) is 0 Å². The summed E-state index contributed by atoms with van der Waals surface area (Å²) in [7, 11) is 2.12. The lowest BCUT2D eigenvalue weighted by atomic mass is 9.96. The molecule has 0 radical (unpaired) electrons. The second-order valence-corrected chi connectivity index (χ2v) is 8.53. The van der Waals surface area contributed by atoms with Crippen LogP contribution in [0.5, 0.6) is 0 Å². The number of fused-ring (bicyclic) bond motifs is 5. The van der Waals surface area contributed by atoms with Crippen molar-refractivity contribution in [3.8, 4) is 11.3 Å². The first kappa shape index (κ1) is 17.9. The molecule has 0 aliphatic rings. The zero-order chi connectivity index (χ0) is 20.1. The summed E-state index contributed by atoms with van der Waals surface area (Å²) in [4.78, 5) is 0. The van der Waals surface area contributed by atoms with Crippen molar-refractivity contribution in [2.24, 2.45) is 13.0 Å². The van der Waals surface area contributed by atoms with Crippen molar-refractivity contribution in [2.45, 2.75) is 27.2 Å². The summed E-state index contributed by atoms with van der Waals surface area (Å²) in [6.07, 6.45) is 3.25. The molecular weight excluding hydrogens is 354 g/mol. The molecule has 0 unspecified atom stereocenters. The molecule has 5 rings (SSSR count). The largest absolute Gasteiger partial charge is 0.455 e. The van der Waals surface area contributed by atoms with E-state index in [2.05, 4.69) is 99.2 Å². The highest BCUT2D eigenvalue weighted by molar-refractivity contribution is 6.20. The summed E-state index contributed by atoms with van der Waals surface area (Å²) in [6.45, 7) is 6.71. The lowest BCUT2D eigenvalue weighted by molar-refractivity contribution is -0.660. The van der Waals surface area contributed by atoms with Crippen LogP contribution in [0.4, 0.5) is 0 Å². The van der Waals surface area contributed by atoms with E-state index < -0.39 is 0 Å². The van der Waals surface area contributed by atoms with Gasteiger partial charge < -0.3 is 4.42 Å². The highest BCUT2D eigenvalue weighted by atomic mass is 16.3. The van der Waals surface area contributed by atoms with E-state index in [0.717, 1.165) is 17.6 Å². The predicted molar refractivity (Wildman–Crippen MR) is 121 cm³/mol. The van der Waals surface area contributed by atoms with Crippen molar-refractivity contribution in [3.05, 3.63) is 78.0 Å². The van der Waals surface area contributed by atoms with Gasteiger partial charge in [-0.15, -0.1) is 0 Å². The Bertz CT molecular complexity index is 1370. The van der Waals surface area contributed by atoms with Crippen LogP contribution in [0.1, 0.15) is 25.0 Å². The number of nitrogens with zero attached hydrogens (tertiary/aromatic N) is 1. The van der Waals surface area contributed by atoms with Crippen molar-refractivity contribution >= 4 is 32.7 Å². The summed E-state index contributed by atoms with van der Waals surface area (Å²) in [5.74, 6) is 0.630. The number of pyridine rings is 1. The van der Waals surface area contributed by atoms with Crippen molar-refractivity contribution in [1.82, 2.24) is 0 Å². The van der Waals surface area contributed by atoms with E-state index in [1.165, 1.54) is 43.9 Å². The number of benzene rings is 3. The Balaban J connectivity index is 1.85. The van der Waals surface area contributed by atoms with Crippen LogP contribution >= 0.6 is 0 Å². The Hall–Kier alpha value is -3.13. The Morgan fingerprint density at radius 1 is 0.931 bits per heavy atom. The summed E-state index contributed by atoms with van der Waals surface area (Å²) in [6, 6.07) is 21.8. The van der Waals surface area contributed by atoms with E-state index in [4.69, 9.17) is 4.42 Å². The van der Waals surface area contributed by atoms with E-state index in [1.807, 2.05) is 0 Å². The molecule has 0 fully saturated rings. The van der Waals surface area contributed by atoms with Gasteiger partial charge in [-0.1, -0.05) is 56.3 Å². The zero-order valence-corrected chi connectivity index (χ0v) is 17.5. The Kier molecular flexibility index (Phi) is 4.16. The minimum atomic E-state index is 0.630. The maximum absolute atomic E-state index is 6.49. The number of rotatable bonds is 3. The molecule has 5 aromatic rings. The van der Waals surface area contributed by atoms with E-state index >= 15 is 0 Å². The highest BCUT2D eigenvalue weighted by Gasteiger charge is 2.22. The molecule has 0 aliphatic heterocycles. The van der Waals surface area contributed by atoms with Crippen molar-refractivity contribution in [3.63, 3.8) is 0 Å². The monoisotopic (exact) mass is 380 g/mol. The van der Waals surface area contributed by atoms with Crippen LogP contribution in [0.2, 0.25) is 0 Å². The molecule has 0 saturated carbocycles. The predicted octanol–water partition coefficient (Wildman–Crippen LogP) is 6.74. The standard InChI is InChI=1S/C27H26NO/c1-17(2)15-19-13-14-28(4)23(16-19)25-18(3)9-11-22-26-21-8-6-5-7-20(21)10-12-24(26)29-27(22)25/h5-14,16-17H,15H2,1-4H3/q+1. The Morgan fingerprint density at radius 2 is 1.76 bits per heavy atom. The van der Waals surface area contributed by atoms with Crippen LogP contribution in [-0.2, 0) is 13.5 Å². The minimum Gasteiger partial charge on any atom is -0.455 e. The first-order valence-electron chi connectivity index (χ1n) is 10.4. The van der Waals surface area contributed by atoms with Gasteiger partial charge in [-0.25, -0.2) is 4.57 Å². The van der Waals surface area contributed by atoms with Crippen LogP contribution in [-0.4, -0.2) is 0 Å². The summed E-state index contributed by atoms with van der Waals surface area (Å²) in [5.41, 5.74) is 6.93. The lowest BCUT2D eigenvalue weighted by Crippen LogP contribution is -2.31. The molecule has 144 valence electrons. The van der Waals surface area contributed by atoms with Gasteiger partial charge in [0.15, 0.2) is 6.20 Å². The van der Waals surface area contributed by atoms with Gasteiger partial charge in [-0.05, 0) is 47.2 Å². The van der Waals surface area contributed by atoms with Crippen LogP contribution in [0, 0.1) is 12.8 Å². The molecule has 29 heavy (non-hydrogen) atoms. The van der Waals surface area contributed by atoms with Crippen molar-refractivity contribution in [1.29, 1.82) is 0 Å². The van der Waals surface area contributed by atoms with Crippen molar-refractivity contribution < 1.29 is 8.98 Å².